The molecule has 53 heavy (non-hydrogen) atoms. The Hall–Kier alpha value is -5.06. The number of nitrogens with one attached hydrogen (secondary N) is 1. The second-order valence-electron chi connectivity index (χ2n) is 14.1. The third-order valence-corrected chi connectivity index (χ3v) is 11.1. The predicted octanol–water partition coefficient (Wildman–Crippen LogP) is 8.07. The number of anilines is 2. The average Bonchev–Trinajstić information content (AvgIpc) is 3.79. The lowest BCUT2D eigenvalue weighted by Crippen LogP contribution is -2.53. The molecule has 2 amide bonds. The van der Waals surface area contributed by atoms with Crippen LogP contribution in [0.2, 0.25) is 10.0 Å². The maximum absolute atomic E-state index is 14.9. The maximum Gasteiger partial charge on any atom is 0.264 e. The lowest BCUT2D eigenvalue weighted by molar-refractivity contribution is 0.0536. The average molecular weight is 748 g/mol. The normalized spacial score (nSPS) is 16.5. The number of carbonyl (C=O) groups is 2. The molecule has 2 aliphatic heterocycles. The lowest BCUT2D eigenvalue weighted by atomic mass is 9.92. The molecule has 0 bridgehead atoms. The molecular formula is C42H40Cl2N6O3. The molecular weight excluding hydrogens is 707 g/mol. The highest BCUT2D eigenvalue weighted by Gasteiger charge is 2.35. The molecule has 0 saturated carbocycles. The third kappa shape index (κ3) is 6.93. The van der Waals surface area contributed by atoms with Gasteiger partial charge in [-0.15, -0.1) is 0 Å². The topological polar surface area (TPSA) is 88.0 Å². The fourth-order valence-electron chi connectivity index (χ4n) is 7.67. The van der Waals surface area contributed by atoms with Crippen LogP contribution in [0.4, 0.5) is 11.4 Å². The summed E-state index contributed by atoms with van der Waals surface area (Å²) in [6.45, 7) is 6.99. The molecule has 1 saturated heterocycles. The van der Waals surface area contributed by atoms with E-state index in [2.05, 4.69) is 40.0 Å². The van der Waals surface area contributed by atoms with Crippen LogP contribution < -0.4 is 4.90 Å². The molecule has 2 aromatic heterocycles. The first kappa shape index (κ1) is 35.0. The Balaban J connectivity index is 1.17. The van der Waals surface area contributed by atoms with Gasteiger partial charge in [0.25, 0.3) is 11.8 Å². The quantitative estimate of drug-likeness (QED) is 0.173. The fraction of sp³-hybridized carbons (Fsp3) is 0.238. The number of hydrogen-bond donors (Lipinski definition) is 2. The van der Waals surface area contributed by atoms with Crippen molar-refractivity contribution in [3.05, 3.63) is 141 Å². The van der Waals surface area contributed by atoms with Gasteiger partial charge in [-0.3, -0.25) is 19.4 Å². The van der Waals surface area contributed by atoms with Crippen LogP contribution in [0, 0.1) is 6.92 Å². The van der Waals surface area contributed by atoms with Gasteiger partial charge in [-0.05, 0) is 98.2 Å². The number of fused-ring (bicyclic) bond motifs is 2. The number of aromatic hydroxyl groups is 1. The zero-order valence-corrected chi connectivity index (χ0v) is 31.1. The second kappa shape index (κ2) is 14.4. The van der Waals surface area contributed by atoms with Gasteiger partial charge in [0.05, 0.1) is 21.8 Å². The Morgan fingerprint density at radius 3 is 2.40 bits per heavy atom. The van der Waals surface area contributed by atoms with E-state index in [1.807, 2.05) is 52.9 Å². The van der Waals surface area contributed by atoms with E-state index in [0.717, 1.165) is 61.3 Å². The highest BCUT2D eigenvalue weighted by molar-refractivity contribution is 6.37. The summed E-state index contributed by atoms with van der Waals surface area (Å²) >= 11 is 13.6. The number of H-pyrrole nitrogens is 1. The van der Waals surface area contributed by atoms with Crippen molar-refractivity contribution in [2.75, 3.05) is 44.7 Å². The zero-order chi connectivity index (χ0) is 36.8. The molecule has 2 N–H and O–H groups in total. The first-order valence-corrected chi connectivity index (χ1v) is 18.6. The van der Waals surface area contributed by atoms with E-state index in [0.29, 0.717) is 39.8 Å². The maximum atomic E-state index is 14.9. The number of carbonyl (C=O) groups excluding carboxylic acids is 2. The van der Waals surface area contributed by atoms with Gasteiger partial charge in [0.15, 0.2) is 0 Å². The standard InChI is InChI=1S/C42H40Cl2N6O3/c1-27-19-31(41(52)50(33-7-10-36(51)11-8-33)34-9-12-38-29(21-34)13-14-45-38)25-48(27)39-23-32(43)22-37(44)40(39)42(53)49-24-30-6-4-3-5-28(30)20-35(49)26-47-17-15-46(2)16-18-47/h3-14,19,21-23,25,35,45,51H,15-18,20,24,26H2,1-2H3/t35-/m0/s1. The van der Waals surface area contributed by atoms with Crippen molar-refractivity contribution >= 4 is 57.3 Å². The van der Waals surface area contributed by atoms with Crippen LogP contribution in [0.3, 0.4) is 0 Å². The van der Waals surface area contributed by atoms with Crippen LogP contribution in [-0.4, -0.2) is 87.0 Å². The van der Waals surface area contributed by atoms with Crippen LogP contribution in [0.1, 0.15) is 37.5 Å². The summed E-state index contributed by atoms with van der Waals surface area (Å²) in [5.74, 6) is -0.364. The Morgan fingerprint density at radius 2 is 1.62 bits per heavy atom. The van der Waals surface area contributed by atoms with E-state index < -0.39 is 0 Å². The van der Waals surface area contributed by atoms with Crippen molar-refractivity contribution in [3.8, 4) is 11.4 Å². The minimum Gasteiger partial charge on any atom is -0.508 e. The molecule has 0 aliphatic carbocycles. The van der Waals surface area contributed by atoms with Crippen molar-refractivity contribution in [1.29, 1.82) is 0 Å². The van der Waals surface area contributed by atoms with Crippen LogP contribution in [0.15, 0.2) is 103 Å². The van der Waals surface area contributed by atoms with E-state index in [-0.39, 0.29) is 28.6 Å². The number of amides is 2. The van der Waals surface area contributed by atoms with Crippen molar-refractivity contribution in [3.63, 3.8) is 0 Å². The SMILES string of the molecule is Cc1cc(C(=O)N(c2ccc(O)cc2)c2ccc3[nH]ccc3c2)cn1-c1cc(Cl)cc(Cl)c1C(=O)N1Cc2ccccc2C[C@H]1CN1CCN(C)CC1. The molecule has 270 valence electrons. The summed E-state index contributed by atoms with van der Waals surface area (Å²) in [5, 5.41) is 11.6. The Bertz CT molecular complexity index is 2330. The van der Waals surface area contributed by atoms with Gasteiger partial charge in [0.2, 0.25) is 0 Å². The number of likely N-dealkylation sites (N-methyl/N-ethyl adjacent to an activating group) is 1. The van der Waals surface area contributed by atoms with Crippen molar-refractivity contribution in [2.45, 2.75) is 25.9 Å². The molecule has 0 radical (unpaired) electrons. The summed E-state index contributed by atoms with van der Waals surface area (Å²) in [6.07, 6.45) is 4.35. The minimum atomic E-state index is -0.284. The van der Waals surface area contributed by atoms with Crippen LogP contribution >= 0.6 is 23.2 Å². The van der Waals surface area contributed by atoms with Gasteiger partial charge >= 0.3 is 0 Å². The number of piperazine rings is 1. The van der Waals surface area contributed by atoms with Crippen molar-refractivity contribution < 1.29 is 14.7 Å². The Kier molecular flexibility index (Phi) is 9.51. The smallest absolute Gasteiger partial charge is 0.264 e. The molecule has 0 unspecified atom stereocenters. The zero-order valence-electron chi connectivity index (χ0n) is 29.6. The van der Waals surface area contributed by atoms with Gasteiger partial charge in [0, 0.05) is 90.7 Å². The lowest BCUT2D eigenvalue weighted by Gasteiger charge is -2.42. The summed E-state index contributed by atoms with van der Waals surface area (Å²) in [6, 6.07) is 27.7. The van der Waals surface area contributed by atoms with Gasteiger partial charge in [-0.2, -0.15) is 0 Å². The molecule has 8 rings (SSSR count). The Morgan fingerprint density at radius 1 is 0.887 bits per heavy atom. The highest BCUT2D eigenvalue weighted by Crippen LogP contribution is 2.36. The number of benzene rings is 4. The van der Waals surface area contributed by atoms with E-state index in [4.69, 9.17) is 23.2 Å². The number of phenolic OH excluding ortho intramolecular Hbond substituents is 1. The van der Waals surface area contributed by atoms with Gasteiger partial charge in [-0.25, -0.2) is 0 Å². The molecule has 4 heterocycles. The van der Waals surface area contributed by atoms with Crippen LogP contribution in [0.5, 0.6) is 5.75 Å². The summed E-state index contributed by atoms with van der Waals surface area (Å²) in [4.78, 5) is 41.1. The second-order valence-corrected chi connectivity index (χ2v) is 14.9. The van der Waals surface area contributed by atoms with Gasteiger partial charge in [-0.1, -0.05) is 47.5 Å². The number of nitrogens with zero attached hydrogens (tertiary/aromatic N) is 5. The van der Waals surface area contributed by atoms with Gasteiger partial charge < -0.3 is 24.5 Å². The molecule has 4 aromatic carbocycles. The molecule has 6 aromatic rings. The number of aromatic amines is 1. The molecule has 1 atom stereocenters. The molecule has 1 fully saturated rings. The number of rotatable bonds is 7. The molecule has 9 nitrogen and oxygen atoms in total. The Labute approximate surface area is 318 Å². The molecule has 11 heteroatoms. The van der Waals surface area contributed by atoms with E-state index in [9.17, 15) is 14.7 Å². The first-order chi connectivity index (χ1) is 25.6. The number of aromatic nitrogens is 2. The third-order valence-electron chi connectivity index (χ3n) is 10.6. The largest absolute Gasteiger partial charge is 0.508 e. The van der Waals surface area contributed by atoms with Crippen LogP contribution in [0.25, 0.3) is 16.6 Å². The van der Waals surface area contributed by atoms with E-state index in [1.165, 1.54) is 5.56 Å². The van der Waals surface area contributed by atoms with Gasteiger partial charge in [0.1, 0.15) is 5.75 Å². The summed E-state index contributed by atoms with van der Waals surface area (Å²) in [7, 11) is 2.14. The number of aryl methyl sites for hydroxylation is 1. The number of phenols is 1. The predicted molar refractivity (Wildman–Crippen MR) is 211 cm³/mol. The van der Waals surface area contributed by atoms with Crippen LogP contribution in [-0.2, 0) is 13.0 Å². The minimum absolute atomic E-state index is 0.0560. The number of hydrogen-bond acceptors (Lipinski definition) is 5. The summed E-state index contributed by atoms with van der Waals surface area (Å²) in [5.41, 5.74) is 6.56. The van der Waals surface area contributed by atoms with Crippen molar-refractivity contribution in [2.24, 2.45) is 0 Å². The molecule has 0 spiro atoms. The first-order valence-electron chi connectivity index (χ1n) is 17.8. The summed E-state index contributed by atoms with van der Waals surface area (Å²) < 4.78 is 1.83. The highest BCUT2D eigenvalue weighted by atomic mass is 35.5. The monoisotopic (exact) mass is 746 g/mol. The van der Waals surface area contributed by atoms with E-state index in [1.54, 1.807) is 53.6 Å². The number of halogens is 2. The van der Waals surface area contributed by atoms with Crippen molar-refractivity contribution in [1.82, 2.24) is 24.3 Å². The fourth-order valence-corrected chi connectivity index (χ4v) is 8.23. The van der Waals surface area contributed by atoms with E-state index >= 15 is 0 Å². The molecule has 2 aliphatic rings.